The third kappa shape index (κ3) is 2.13. The van der Waals surface area contributed by atoms with E-state index in [4.69, 9.17) is 4.42 Å². The summed E-state index contributed by atoms with van der Waals surface area (Å²) in [6, 6.07) is 9.32. The summed E-state index contributed by atoms with van der Waals surface area (Å²) in [7, 11) is 0. The van der Waals surface area contributed by atoms with Crippen LogP contribution in [0.3, 0.4) is 0 Å². The maximum atomic E-state index is 10.0. The number of hydrogen-bond donors (Lipinski definition) is 1. The highest BCUT2D eigenvalue weighted by atomic mass is 79.9. The van der Waals surface area contributed by atoms with Crippen molar-refractivity contribution in [3.8, 4) is 0 Å². The molecule has 3 heteroatoms. The first kappa shape index (κ1) is 10.5. The molecule has 2 aromatic rings. The highest BCUT2D eigenvalue weighted by Crippen LogP contribution is 2.26. The van der Waals surface area contributed by atoms with Crippen molar-refractivity contribution in [3.63, 3.8) is 0 Å². The predicted octanol–water partition coefficient (Wildman–Crippen LogP) is 3.43. The number of benzene rings is 1. The van der Waals surface area contributed by atoms with Crippen LogP contribution in [0.15, 0.2) is 45.5 Å². The van der Waals surface area contributed by atoms with E-state index in [9.17, 15) is 5.11 Å². The fraction of sp³-hybridized carbons (Fsp3) is 0.167. The lowest BCUT2D eigenvalue weighted by molar-refractivity contribution is 0.188. The van der Waals surface area contributed by atoms with Crippen LogP contribution in [0, 0.1) is 6.92 Å². The predicted molar refractivity (Wildman–Crippen MR) is 61.6 cm³/mol. The molecule has 0 saturated carbocycles. The second kappa shape index (κ2) is 4.21. The van der Waals surface area contributed by atoms with E-state index in [1.807, 2.05) is 25.1 Å². The van der Waals surface area contributed by atoms with Crippen LogP contribution in [-0.4, -0.2) is 5.11 Å². The van der Waals surface area contributed by atoms with Gasteiger partial charge in [0.25, 0.3) is 0 Å². The molecule has 1 aromatic carbocycles. The van der Waals surface area contributed by atoms with Gasteiger partial charge in [0, 0.05) is 4.47 Å². The summed E-state index contributed by atoms with van der Waals surface area (Å²) >= 11 is 3.39. The Morgan fingerprint density at radius 2 is 2.13 bits per heavy atom. The third-order valence-corrected chi connectivity index (χ3v) is 2.83. The first-order chi connectivity index (χ1) is 7.18. The van der Waals surface area contributed by atoms with Crippen molar-refractivity contribution in [2.45, 2.75) is 13.0 Å². The van der Waals surface area contributed by atoms with Crippen LogP contribution in [0.2, 0.25) is 0 Å². The molecule has 0 aliphatic rings. The molecule has 1 N–H and O–H groups in total. The van der Waals surface area contributed by atoms with Gasteiger partial charge >= 0.3 is 0 Å². The summed E-state index contributed by atoms with van der Waals surface area (Å²) in [5.74, 6) is 0.570. The van der Waals surface area contributed by atoms with E-state index in [1.165, 1.54) is 0 Å². The lowest BCUT2D eigenvalue weighted by Gasteiger charge is -2.11. The van der Waals surface area contributed by atoms with Crippen LogP contribution in [0.4, 0.5) is 0 Å². The van der Waals surface area contributed by atoms with E-state index in [1.54, 1.807) is 18.4 Å². The van der Waals surface area contributed by atoms with Crippen LogP contribution >= 0.6 is 15.9 Å². The number of furan rings is 1. The summed E-state index contributed by atoms with van der Waals surface area (Å²) in [4.78, 5) is 0. The summed E-state index contributed by atoms with van der Waals surface area (Å²) in [5, 5.41) is 10.0. The molecule has 0 radical (unpaired) electrons. The summed E-state index contributed by atoms with van der Waals surface area (Å²) in [6.07, 6.45) is 0.875. The number of aliphatic hydroxyl groups excluding tert-OH is 1. The fourth-order valence-electron chi connectivity index (χ4n) is 1.55. The van der Waals surface area contributed by atoms with Gasteiger partial charge in [0.1, 0.15) is 11.9 Å². The zero-order chi connectivity index (χ0) is 10.8. The molecule has 0 bridgehead atoms. The van der Waals surface area contributed by atoms with Gasteiger partial charge in [0.05, 0.1) is 6.26 Å². The minimum absolute atomic E-state index is 0.570. The molecule has 0 spiro atoms. The normalized spacial score (nSPS) is 12.7. The molecule has 2 nitrogen and oxygen atoms in total. The average molecular weight is 267 g/mol. The molecular formula is C12H11BrO2. The summed E-state index contributed by atoms with van der Waals surface area (Å²) in [5.41, 5.74) is 1.90. The monoisotopic (exact) mass is 266 g/mol. The smallest absolute Gasteiger partial charge is 0.137 e. The Bertz CT molecular complexity index is 449. The summed E-state index contributed by atoms with van der Waals surface area (Å²) in [6.45, 7) is 1.96. The molecule has 0 saturated heterocycles. The Morgan fingerprint density at radius 1 is 1.33 bits per heavy atom. The minimum Gasteiger partial charge on any atom is -0.466 e. The minimum atomic E-state index is -0.687. The number of halogens is 1. The maximum Gasteiger partial charge on any atom is 0.137 e. The second-order valence-corrected chi connectivity index (χ2v) is 4.33. The quantitative estimate of drug-likeness (QED) is 0.904. The van der Waals surface area contributed by atoms with Crippen molar-refractivity contribution < 1.29 is 9.52 Å². The van der Waals surface area contributed by atoms with Gasteiger partial charge in [-0.05, 0) is 42.3 Å². The van der Waals surface area contributed by atoms with Crippen LogP contribution in [0.25, 0.3) is 0 Å². The largest absolute Gasteiger partial charge is 0.466 e. The van der Waals surface area contributed by atoms with Crippen molar-refractivity contribution in [3.05, 3.63) is 58.0 Å². The molecule has 1 heterocycles. The molecule has 1 aromatic heterocycles. The van der Waals surface area contributed by atoms with Gasteiger partial charge in [-0.2, -0.15) is 0 Å². The van der Waals surface area contributed by atoms with E-state index in [2.05, 4.69) is 15.9 Å². The topological polar surface area (TPSA) is 33.4 Å². The van der Waals surface area contributed by atoms with E-state index in [0.717, 1.165) is 15.6 Å². The number of aryl methyl sites for hydroxylation is 1. The van der Waals surface area contributed by atoms with Crippen molar-refractivity contribution in [2.75, 3.05) is 0 Å². The van der Waals surface area contributed by atoms with E-state index >= 15 is 0 Å². The molecule has 1 unspecified atom stereocenters. The van der Waals surface area contributed by atoms with E-state index < -0.39 is 6.10 Å². The second-order valence-electron chi connectivity index (χ2n) is 3.42. The molecule has 2 rings (SSSR count). The average Bonchev–Trinajstić information content (AvgIpc) is 2.69. The Morgan fingerprint density at radius 3 is 2.73 bits per heavy atom. The van der Waals surface area contributed by atoms with Crippen LogP contribution in [0.1, 0.15) is 23.0 Å². The van der Waals surface area contributed by atoms with Crippen molar-refractivity contribution >= 4 is 15.9 Å². The highest BCUT2D eigenvalue weighted by molar-refractivity contribution is 9.10. The molecule has 15 heavy (non-hydrogen) atoms. The van der Waals surface area contributed by atoms with Crippen molar-refractivity contribution in [2.24, 2.45) is 0 Å². The molecule has 0 amide bonds. The van der Waals surface area contributed by atoms with Crippen LogP contribution < -0.4 is 0 Å². The Labute approximate surface area is 96.7 Å². The molecule has 0 aliphatic carbocycles. The lowest BCUT2D eigenvalue weighted by Crippen LogP contribution is -2.00. The molecular weight excluding hydrogens is 256 g/mol. The Hall–Kier alpha value is -1.06. The number of rotatable bonds is 2. The van der Waals surface area contributed by atoms with Gasteiger partial charge in [-0.15, -0.1) is 0 Å². The maximum absolute atomic E-state index is 10.0. The molecule has 1 atom stereocenters. The zero-order valence-corrected chi connectivity index (χ0v) is 9.86. The first-order valence-corrected chi connectivity index (χ1v) is 5.45. The Balaban J connectivity index is 2.38. The zero-order valence-electron chi connectivity index (χ0n) is 8.27. The highest BCUT2D eigenvalue weighted by Gasteiger charge is 2.15. The number of aliphatic hydroxyl groups is 1. The van der Waals surface area contributed by atoms with Gasteiger partial charge < -0.3 is 9.52 Å². The molecule has 78 valence electrons. The first-order valence-electron chi connectivity index (χ1n) is 4.66. The number of hydrogen-bond acceptors (Lipinski definition) is 2. The van der Waals surface area contributed by atoms with Gasteiger partial charge in [0.2, 0.25) is 0 Å². The van der Waals surface area contributed by atoms with Gasteiger partial charge in [-0.3, -0.25) is 0 Å². The third-order valence-electron chi connectivity index (χ3n) is 2.34. The van der Waals surface area contributed by atoms with Gasteiger partial charge in [0.15, 0.2) is 0 Å². The fourth-order valence-corrected chi connectivity index (χ4v) is 2.02. The van der Waals surface area contributed by atoms with Gasteiger partial charge in [-0.25, -0.2) is 0 Å². The standard InChI is InChI=1S/C12H11BrO2/c1-8-7-9(13)4-5-10(8)12(14)11-3-2-6-15-11/h2-7,12,14H,1H3. The van der Waals surface area contributed by atoms with E-state index in [-0.39, 0.29) is 0 Å². The molecule has 0 fully saturated rings. The lowest BCUT2D eigenvalue weighted by atomic mass is 10.0. The van der Waals surface area contributed by atoms with Crippen LogP contribution in [0.5, 0.6) is 0 Å². The SMILES string of the molecule is Cc1cc(Br)ccc1C(O)c1ccco1. The van der Waals surface area contributed by atoms with Crippen molar-refractivity contribution in [1.29, 1.82) is 0 Å². The Kier molecular flexibility index (Phi) is 2.93. The van der Waals surface area contributed by atoms with Crippen LogP contribution in [-0.2, 0) is 0 Å². The molecule has 0 aliphatic heterocycles. The summed E-state index contributed by atoms with van der Waals surface area (Å²) < 4.78 is 6.18. The van der Waals surface area contributed by atoms with Crippen molar-refractivity contribution in [1.82, 2.24) is 0 Å². The van der Waals surface area contributed by atoms with Gasteiger partial charge in [-0.1, -0.05) is 22.0 Å². The van der Waals surface area contributed by atoms with E-state index in [0.29, 0.717) is 5.76 Å².